The fraction of sp³-hybridized carbons (Fsp3) is 0.583. The van der Waals surface area contributed by atoms with Crippen LogP contribution in [-0.2, 0) is 19.4 Å². The molecule has 2 aromatic rings. The Kier molecular flexibility index (Phi) is 4.90. The van der Waals surface area contributed by atoms with Crippen LogP contribution in [0.1, 0.15) is 37.0 Å². The molecule has 2 rings (SSSR count). The minimum atomic E-state index is 0.114. The molecule has 0 aliphatic heterocycles. The lowest BCUT2D eigenvalue weighted by atomic mass is 10.1. The number of hydrogen-bond donors (Lipinski definition) is 1. The number of rotatable bonds is 6. The predicted molar refractivity (Wildman–Crippen MR) is 77.7 cm³/mol. The van der Waals surface area contributed by atoms with Gasteiger partial charge in [-0.25, -0.2) is 0 Å². The lowest BCUT2D eigenvalue weighted by molar-refractivity contribution is 0.530. The lowest BCUT2D eigenvalue weighted by Crippen LogP contribution is -2.21. The van der Waals surface area contributed by atoms with Gasteiger partial charge in [-0.05, 0) is 31.9 Å². The molecule has 0 fully saturated rings. The van der Waals surface area contributed by atoms with Gasteiger partial charge >= 0.3 is 0 Å². The number of nitrogens with zero attached hydrogens (tertiary/aromatic N) is 4. The third-order valence-electron chi connectivity index (χ3n) is 3.17. The largest absolute Gasteiger partial charge is 0.311 e. The molecule has 5 nitrogen and oxygen atoms in total. The van der Waals surface area contributed by atoms with Crippen molar-refractivity contribution in [3.8, 4) is 0 Å². The highest BCUT2D eigenvalue weighted by molar-refractivity contribution is 7.03. The lowest BCUT2D eigenvalue weighted by Gasteiger charge is -2.14. The molecule has 19 heavy (non-hydrogen) atoms. The molecule has 104 valence electrons. The Morgan fingerprint density at radius 1 is 1.47 bits per heavy atom. The highest BCUT2D eigenvalue weighted by Crippen LogP contribution is 2.26. The van der Waals surface area contributed by atoms with Crippen LogP contribution < -0.4 is 5.32 Å². The molecule has 1 N–H and O–H groups in total. The SMILES string of the molecule is CCc1nn(CC)c(CC(NC)c2csnn2)c1Cl. The highest BCUT2D eigenvalue weighted by Gasteiger charge is 2.20. The zero-order valence-corrected chi connectivity index (χ0v) is 12.9. The van der Waals surface area contributed by atoms with Crippen molar-refractivity contribution in [2.24, 2.45) is 0 Å². The second-order valence-corrected chi connectivity index (χ2v) is 5.24. The summed E-state index contributed by atoms with van der Waals surface area (Å²) in [5, 5.41) is 14.7. The molecule has 0 aromatic carbocycles. The van der Waals surface area contributed by atoms with Gasteiger partial charge in [-0.1, -0.05) is 23.0 Å². The molecule has 1 atom stereocenters. The molecule has 0 aliphatic carbocycles. The zero-order valence-electron chi connectivity index (χ0n) is 11.4. The van der Waals surface area contributed by atoms with Crippen LogP contribution >= 0.6 is 23.1 Å². The smallest absolute Gasteiger partial charge is 0.0928 e. The molecule has 0 spiro atoms. The number of halogens is 1. The number of nitrogens with one attached hydrogen (secondary N) is 1. The first-order valence-corrected chi connectivity index (χ1v) is 7.60. The fourth-order valence-corrected chi connectivity index (χ4v) is 2.94. The van der Waals surface area contributed by atoms with Gasteiger partial charge in [0.2, 0.25) is 0 Å². The summed E-state index contributed by atoms with van der Waals surface area (Å²) in [7, 11) is 1.92. The fourth-order valence-electron chi connectivity index (χ4n) is 2.08. The molecule has 0 radical (unpaired) electrons. The van der Waals surface area contributed by atoms with Gasteiger partial charge < -0.3 is 5.32 Å². The van der Waals surface area contributed by atoms with E-state index in [-0.39, 0.29) is 6.04 Å². The molecule has 0 saturated heterocycles. The topological polar surface area (TPSA) is 55.6 Å². The van der Waals surface area contributed by atoms with Gasteiger partial charge in [0.05, 0.1) is 28.1 Å². The Morgan fingerprint density at radius 2 is 2.26 bits per heavy atom. The Morgan fingerprint density at radius 3 is 2.79 bits per heavy atom. The first-order valence-electron chi connectivity index (χ1n) is 6.39. The number of aromatic nitrogens is 4. The van der Waals surface area contributed by atoms with E-state index in [1.165, 1.54) is 11.5 Å². The van der Waals surface area contributed by atoms with Crippen LogP contribution in [0.5, 0.6) is 0 Å². The maximum absolute atomic E-state index is 6.43. The molecule has 0 saturated carbocycles. The van der Waals surface area contributed by atoms with E-state index in [1.54, 1.807) is 0 Å². The molecule has 7 heteroatoms. The maximum Gasteiger partial charge on any atom is 0.0928 e. The van der Waals surface area contributed by atoms with Gasteiger partial charge in [0.25, 0.3) is 0 Å². The first kappa shape index (κ1) is 14.4. The Labute approximate surface area is 122 Å². The van der Waals surface area contributed by atoms with Crippen molar-refractivity contribution >= 4 is 23.1 Å². The Balaban J connectivity index is 2.29. The van der Waals surface area contributed by atoms with E-state index in [9.17, 15) is 0 Å². The molecule has 0 aliphatic rings. The van der Waals surface area contributed by atoms with Gasteiger partial charge in [-0.2, -0.15) is 5.10 Å². The van der Waals surface area contributed by atoms with E-state index in [4.69, 9.17) is 11.6 Å². The van der Waals surface area contributed by atoms with E-state index < -0.39 is 0 Å². The van der Waals surface area contributed by atoms with Crippen molar-refractivity contribution < 1.29 is 0 Å². The van der Waals surface area contributed by atoms with Gasteiger partial charge in [0, 0.05) is 18.3 Å². The monoisotopic (exact) mass is 299 g/mol. The van der Waals surface area contributed by atoms with Crippen molar-refractivity contribution in [2.45, 2.75) is 39.3 Å². The summed E-state index contributed by atoms with van der Waals surface area (Å²) in [5.41, 5.74) is 2.98. The van der Waals surface area contributed by atoms with E-state index in [0.717, 1.165) is 41.5 Å². The van der Waals surface area contributed by atoms with Crippen LogP contribution in [0.3, 0.4) is 0 Å². The quantitative estimate of drug-likeness (QED) is 0.890. The van der Waals surface area contributed by atoms with Crippen LogP contribution in [0.2, 0.25) is 5.02 Å². The summed E-state index contributed by atoms with van der Waals surface area (Å²) < 4.78 is 5.89. The third kappa shape index (κ3) is 2.96. The Bertz CT molecular complexity index is 522. The van der Waals surface area contributed by atoms with E-state index >= 15 is 0 Å². The van der Waals surface area contributed by atoms with Crippen molar-refractivity contribution in [3.05, 3.63) is 27.5 Å². The van der Waals surface area contributed by atoms with Crippen LogP contribution in [-0.4, -0.2) is 26.4 Å². The summed E-state index contributed by atoms with van der Waals surface area (Å²) in [6.45, 7) is 4.96. The molecule has 0 amide bonds. The van der Waals surface area contributed by atoms with Crippen LogP contribution in [0.15, 0.2) is 5.38 Å². The average Bonchev–Trinajstić information content (AvgIpc) is 3.04. The minimum Gasteiger partial charge on any atom is -0.311 e. The number of hydrogen-bond acceptors (Lipinski definition) is 5. The minimum absolute atomic E-state index is 0.114. The van der Waals surface area contributed by atoms with Crippen molar-refractivity contribution in [3.63, 3.8) is 0 Å². The van der Waals surface area contributed by atoms with Gasteiger partial charge in [-0.3, -0.25) is 4.68 Å². The molecule has 2 heterocycles. The number of aryl methyl sites for hydroxylation is 2. The standard InChI is InChI=1S/C12H18ClN5S/c1-4-8-12(13)11(18(5-2)16-8)6-9(14-3)10-7-19-17-15-10/h7,9,14H,4-6H2,1-3H3. The molecule has 0 bridgehead atoms. The van der Waals surface area contributed by atoms with Crippen LogP contribution in [0, 0.1) is 0 Å². The number of likely N-dealkylation sites (N-methyl/N-ethyl adjacent to an activating group) is 1. The van der Waals surface area contributed by atoms with E-state index in [0.29, 0.717) is 0 Å². The van der Waals surface area contributed by atoms with E-state index in [2.05, 4.69) is 33.8 Å². The van der Waals surface area contributed by atoms with Crippen molar-refractivity contribution in [2.75, 3.05) is 7.05 Å². The average molecular weight is 300 g/mol. The second-order valence-electron chi connectivity index (χ2n) is 4.25. The van der Waals surface area contributed by atoms with Crippen molar-refractivity contribution in [1.29, 1.82) is 0 Å². The Hall–Kier alpha value is -0.980. The van der Waals surface area contributed by atoms with Crippen LogP contribution in [0.4, 0.5) is 0 Å². The predicted octanol–water partition coefficient (Wildman–Crippen LogP) is 2.47. The third-order valence-corrected chi connectivity index (χ3v) is 4.13. The normalized spacial score (nSPS) is 12.8. The summed E-state index contributed by atoms with van der Waals surface area (Å²) in [4.78, 5) is 0. The summed E-state index contributed by atoms with van der Waals surface area (Å²) in [5.74, 6) is 0. The van der Waals surface area contributed by atoms with Gasteiger partial charge in [0.15, 0.2) is 0 Å². The van der Waals surface area contributed by atoms with E-state index in [1.807, 2.05) is 17.1 Å². The summed E-state index contributed by atoms with van der Waals surface area (Å²) in [6, 6.07) is 0.114. The van der Waals surface area contributed by atoms with Gasteiger partial charge in [0.1, 0.15) is 0 Å². The van der Waals surface area contributed by atoms with Crippen LogP contribution in [0.25, 0.3) is 0 Å². The zero-order chi connectivity index (χ0) is 13.8. The maximum atomic E-state index is 6.43. The van der Waals surface area contributed by atoms with Gasteiger partial charge in [-0.15, -0.1) is 5.10 Å². The first-order chi connectivity index (χ1) is 9.21. The summed E-state index contributed by atoms with van der Waals surface area (Å²) >= 11 is 7.79. The molecule has 2 aromatic heterocycles. The molecular weight excluding hydrogens is 282 g/mol. The highest BCUT2D eigenvalue weighted by atomic mass is 35.5. The second kappa shape index (κ2) is 6.45. The molecule has 1 unspecified atom stereocenters. The molecular formula is C12H18ClN5S. The summed E-state index contributed by atoms with van der Waals surface area (Å²) in [6.07, 6.45) is 1.61. The van der Waals surface area contributed by atoms with Crippen molar-refractivity contribution in [1.82, 2.24) is 24.7 Å².